The molecule has 2 rings (SSSR count). The van der Waals surface area contributed by atoms with E-state index >= 15 is 0 Å². The van der Waals surface area contributed by atoms with E-state index in [4.69, 9.17) is 9.73 Å². The van der Waals surface area contributed by atoms with Gasteiger partial charge in [0.2, 0.25) is 5.91 Å². The number of carbonyl (C=O) groups excluding carboxylic acids is 1. The summed E-state index contributed by atoms with van der Waals surface area (Å²) in [6, 6.07) is 6.70. The molecule has 1 aromatic carbocycles. The molecule has 7 nitrogen and oxygen atoms in total. The number of hydrogen-bond acceptors (Lipinski definition) is 4. The lowest BCUT2D eigenvalue weighted by atomic mass is 10.1. The lowest BCUT2D eigenvalue weighted by molar-refractivity contribution is -0.122. The first-order valence-corrected chi connectivity index (χ1v) is 10.2. The van der Waals surface area contributed by atoms with Crippen LogP contribution in [0.1, 0.15) is 30.9 Å². The highest BCUT2D eigenvalue weighted by molar-refractivity contribution is 14.0. The second-order valence-electron chi connectivity index (χ2n) is 7.18. The molecular formula is C21H36IN5O2. The minimum absolute atomic E-state index is 0. The summed E-state index contributed by atoms with van der Waals surface area (Å²) in [5, 5.41) is 9.57. The molecule has 0 bridgehead atoms. The number of nitrogens with zero attached hydrogens (tertiary/aromatic N) is 2. The van der Waals surface area contributed by atoms with Gasteiger partial charge in [-0.3, -0.25) is 14.7 Å². The number of aryl methyl sites for hydroxylation is 1. The second-order valence-corrected chi connectivity index (χ2v) is 7.18. The maximum atomic E-state index is 11.5. The van der Waals surface area contributed by atoms with Gasteiger partial charge in [-0.25, -0.2) is 0 Å². The topological polar surface area (TPSA) is 78.0 Å². The third-order valence-corrected chi connectivity index (χ3v) is 5.06. The normalized spacial score (nSPS) is 15.4. The number of piperidine rings is 1. The summed E-state index contributed by atoms with van der Waals surface area (Å²) in [6.07, 6.45) is 2.89. The molecule has 0 unspecified atom stereocenters. The van der Waals surface area contributed by atoms with Gasteiger partial charge in [-0.05, 0) is 50.3 Å². The number of carbonyl (C=O) groups is 1. The lowest BCUT2D eigenvalue weighted by Gasteiger charge is -2.32. The molecule has 8 heteroatoms. The largest absolute Gasteiger partial charge is 0.496 e. The number of aliphatic imine (C=N–C) groups is 1. The van der Waals surface area contributed by atoms with Crippen LogP contribution in [0.4, 0.5) is 0 Å². The zero-order valence-electron chi connectivity index (χ0n) is 18.1. The van der Waals surface area contributed by atoms with Crippen LogP contribution in [0.2, 0.25) is 0 Å². The highest BCUT2D eigenvalue weighted by atomic mass is 127. The number of halogens is 1. The Bertz CT molecular complexity index is 660. The van der Waals surface area contributed by atoms with Crippen LogP contribution < -0.4 is 20.7 Å². The van der Waals surface area contributed by atoms with E-state index in [9.17, 15) is 4.79 Å². The van der Waals surface area contributed by atoms with E-state index in [1.54, 1.807) is 14.2 Å². The Labute approximate surface area is 192 Å². The molecule has 164 valence electrons. The van der Waals surface area contributed by atoms with E-state index in [1.807, 2.05) is 6.92 Å². The van der Waals surface area contributed by atoms with Crippen molar-refractivity contribution >= 4 is 35.8 Å². The molecule has 1 aliphatic heterocycles. The molecule has 1 aromatic rings. The zero-order valence-corrected chi connectivity index (χ0v) is 20.4. The van der Waals surface area contributed by atoms with Crippen molar-refractivity contribution in [2.75, 3.05) is 46.9 Å². The number of methoxy groups -OCH3 is 1. The summed E-state index contributed by atoms with van der Waals surface area (Å²) in [7, 11) is 3.39. The van der Waals surface area contributed by atoms with Gasteiger partial charge in [0.15, 0.2) is 5.96 Å². The highest BCUT2D eigenvalue weighted by Crippen LogP contribution is 2.19. The Kier molecular flexibility index (Phi) is 12.0. The molecule has 0 spiro atoms. The molecule has 1 amide bonds. The number of likely N-dealkylation sites (N-methyl/N-ethyl adjacent to an activating group) is 1. The number of likely N-dealkylation sites (tertiary alicyclic amines) is 1. The fraction of sp³-hybridized carbons (Fsp3) is 0.619. The van der Waals surface area contributed by atoms with Crippen molar-refractivity contribution in [3.63, 3.8) is 0 Å². The quantitative estimate of drug-likeness (QED) is 0.279. The first-order chi connectivity index (χ1) is 13.5. The number of nitrogens with one attached hydrogen (secondary N) is 3. The summed E-state index contributed by atoms with van der Waals surface area (Å²) in [6.45, 7) is 8.01. The van der Waals surface area contributed by atoms with E-state index in [-0.39, 0.29) is 29.9 Å². The van der Waals surface area contributed by atoms with Gasteiger partial charge < -0.3 is 20.7 Å². The molecular weight excluding hydrogens is 481 g/mol. The lowest BCUT2D eigenvalue weighted by Crippen LogP contribution is -2.50. The van der Waals surface area contributed by atoms with Crippen molar-refractivity contribution in [2.45, 2.75) is 39.2 Å². The molecule has 1 saturated heterocycles. The Morgan fingerprint density at radius 1 is 1.31 bits per heavy atom. The van der Waals surface area contributed by atoms with Gasteiger partial charge in [0, 0.05) is 39.3 Å². The number of rotatable bonds is 8. The maximum Gasteiger partial charge on any atom is 0.233 e. The molecule has 0 aromatic heterocycles. The average molecular weight is 517 g/mol. The molecule has 3 N–H and O–H groups in total. The third kappa shape index (κ3) is 8.77. The molecule has 0 atom stereocenters. The molecule has 1 fully saturated rings. The molecule has 0 saturated carbocycles. The minimum Gasteiger partial charge on any atom is -0.496 e. The van der Waals surface area contributed by atoms with Crippen LogP contribution in [0.15, 0.2) is 23.2 Å². The second kappa shape index (κ2) is 13.6. The van der Waals surface area contributed by atoms with Gasteiger partial charge in [-0.2, -0.15) is 0 Å². The Morgan fingerprint density at radius 2 is 2.03 bits per heavy atom. The van der Waals surface area contributed by atoms with Crippen LogP contribution in [0.3, 0.4) is 0 Å². The predicted molar refractivity (Wildman–Crippen MR) is 129 cm³/mol. The van der Waals surface area contributed by atoms with Crippen molar-refractivity contribution in [1.29, 1.82) is 0 Å². The third-order valence-electron chi connectivity index (χ3n) is 5.06. The van der Waals surface area contributed by atoms with Crippen LogP contribution in [0.5, 0.6) is 5.75 Å². The van der Waals surface area contributed by atoms with E-state index in [1.165, 1.54) is 5.56 Å². The van der Waals surface area contributed by atoms with Gasteiger partial charge in [0.25, 0.3) is 0 Å². The summed E-state index contributed by atoms with van der Waals surface area (Å²) in [5.74, 6) is 1.87. The van der Waals surface area contributed by atoms with Crippen LogP contribution in [-0.4, -0.2) is 69.7 Å². The fourth-order valence-corrected chi connectivity index (χ4v) is 3.35. The number of guanidine groups is 1. The predicted octanol–water partition coefficient (Wildman–Crippen LogP) is 1.93. The first kappa shape index (κ1) is 25.5. The number of benzene rings is 1. The Balaban J connectivity index is 0.00000420. The van der Waals surface area contributed by atoms with Crippen molar-refractivity contribution in [1.82, 2.24) is 20.9 Å². The average Bonchev–Trinajstić information content (AvgIpc) is 2.70. The molecule has 1 aliphatic rings. The van der Waals surface area contributed by atoms with E-state index in [2.05, 4.69) is 46.0 Å². The van der Waals surface area contributed by atoms with Gasteiger partial charge in [0.05, 0.1) is 13.7 Å². The SMILES string of the molecule is CCNC(=NCCc1ccc(C)c(OC)c1)NC1CCN(CC(=O)NC)CC1.I. The molecule has 0 aliphatic carbocycles. The van der Waals surface area contributed by atoms with Crippen molar-refractivity contribution in [2.24, 2.45) is 4.99 Å². The van der Waals surface area contributed by atoms with Crippen LogP contribution in [-0.2, 0) is 11.2 Å². The van der Waals surface area contributed by atoms with E-state index < -0.39 is 0 Å². The Morgan fingerprint density at radius 3 is 2.66 bits per heavy atom. The first-order valence-electron chi connectivity index (χ1n) is 10.2. The van der Waals surface area contributed by atoms with Gasteiger partial charge in [-0.1, -0.05) is 12.1 Å². The van der Waals surface area contributed by atoms with Crippen molar-refractivity contribution in [3.8, 4) is 5.75 Å². The molecule has 0 radical (unpaired) electrons. The van der Waals surface area contributed by atoms with Crippen molar-refractivity contribution in [3.05, 3.63) is 29.3 Å². The Hall–Kier alpha value is -1.55. The van der Waals surface area contributed by atoms with Gasteiger partial charge in [-0.15, -0.1) is 24.0 Å². The van der Waals surface area contributed by atoms with Crippen molar-refractivity contribution < 1.29 is 9.53 Å². The standard InChI is InChI=1S/C21H35N5O2.HI/c1-5-23-21(24-11-8-17-7-6-16(2)19(14-17)28-4)25-18-9-12-26(13-10-18)15-20(27)22-3;/h6-7,14,18H,5,8-13,15H2,1-4H3,(H,22,27)(H2,23,24,25);1H. The number of ether oxygens (including phenoxy) is 1. The van der Waals surface area contributed by atoms with E-state index in [0.717, 1.165) is 62.7 Å². The summed E-state index contributed by atoms with van der Waals surface area (Å²) < 4.78 is 5.40. The smallest absolute Gasteiger partial charge is 0.233 e. The fourth-order valence-electron chi connectivity index (χ4n) is 3.35. The zero-order chi connectivity index (χ0) is 20.4. The summed E-state index contributed by atoms with van der Waals surface area (Å²) in [4.78, 5) is 18.5. The highest BCUT2D eigenvalue weighted by Gasteiger charge is 2.21. The molecule has 1 heterocycles. The summed E-state index contributed by atoms with van der Waals surface area (Å²) >= 11 is 0. The van der Waals surface area contributed by atoms with Gasteiger partial charge in [0.1, 0.15) is 5.75 Å². The van der Waals surface area contributed by atoms with E-state index in [0.29, 0.717) is 12.6 Å². The van der Waals surface area contributed by atoms with Gasteiger partial charge >= 0.3 is 0 Å². The summed E-state index contributed by atoms with van der Waals surface area (Å²) in [5.41, 5.74) is 2.37. The van der Waals surface area contributed by atoms with Crippen LogP contribution in [0.25, 0.3) is 0 Å². The number of amides is 1. The van der Waals surface area contributed by atoms with Crippen LogP contribution in [0, 0.1) is 6.92 Å². The molecule has 29 heavy (non-hydrogen) atoms. The minimum atomic E-state index is 0. The number of hydrogen-bond donors (Lipinski definition) is 3. The monoisotopic (exact) mass is 517 g/mol. The van der Waals surface area contributed by atoms with Crippen LogP contribution >= 0.6 is 24.0 Å². The maximum absolute atomic E-state index is 11.5.